The fraction of sp³-hybridized carbons (Fsp3) is 0.308. The third kappa shape index (κ3) is 4.18. The largest absolute Gasteiger partial charge is 0.494 e. The van der Waals surface area contributed by atoms with Crippen molar-refractivity contribution in [3.05, 3.63) is 30.4 Å². The van der Waals surface area contributed by atoms with Gasteiger partial charge in [0.1, 0.15) is 5.75 Å². The number of ether oxygens (including phenoxy) is 1. The van der Waals surface area contributed by atoms with E-state index in [1.807, 2.05) is 25.1 Å². The predicted molar refractivity (Wildman–Crippen MR) is 76.4 cm³/mol. The van der Waals surface area contributed by atoms with Gasteiger partial charge in [-0.25, -0.2) is 4.98 Å². The maximum Gasteiger partial charge on any atom is 0.266 e. The van der Waals surface area contributed by atoms with Gasteiger partial charge in [0.05, 0.1) is 16.8 Å². The number of thioether (sulfide) groups is 1. The number of rotatable bonds is 6. The van der Waals surface area contributed by atoms with Crippen molar-refractivity contribution >= 4 is 33.3 Å². The van der Waals surface area contributed by atoms with Crippen molar-refractivity contribution in [1.29, 1.82) is 0 Å². The van der Waals surface area contributed by atoms with Crippen molar-refractivity contribution in [2.45, 2.75) is 17.7 Å². The van der Waals surface area contributed by atoms with Crippen molar-refractivity contribution < 1.29 is 13.5 Å². The Morgan fingerprint density at radius 3 is 3.05 bits per heavy atom. The number of thiazole rings is 1. The standard InChI is InChI=1S/C13H13F2NOS2/c1-2-17-9-5-6-10-11(8-9)19-13(16-10)18-7-3-4-12(14)15/h4-6,8H,2-3,7H2,1H3. The SMILES string of the molecule is CCOc1ccc2nc(SCCC=C(F)F)sc2c1. The summed E-state index contributed by atoms with van der Waals surface area (Å²) in [4.78, 5) is 4.45. The summed E-state index contributed by atoms with van der Waals surface area (Å²) in [5, 5.41) is 0. The zero-order valence-corrected chi connectivity index (χ0v) is 12.0. The highest BCUT2D eigenvalue weighted by molar-refractivity contribution is 8.01. The van der Waals surface area contributed by atoms with Gasteiger partial charge in [-0.2, -0.15) is 8.78 Å². The molecule has 0 aliphatic heterocycles. The van der Waals surface area contributed by atoms with Gasteiger partial charge in [-0.1, -0.05) is 11.8 Å². The zero-order chi connectivity index (χ0) is 13.7. The lowest BCUT2D eigenvalue weighted by atomic mass is 10.3. The lowest BCUT2D eigenvalue weighted by molar-refractivity contribution is 0.341. The van der Waals surface area contributed by atoms with Crippen LogP contribution < -0.4 is 4.74 Å². The van der Waals surface area contributed by atoms with Crippen LogP contribution in [-0.2, 0) is 0 Å². The first-order chi connectivity index (χ1) is 9.19. The Morgan fingerprint density at radius 2 is 2.32 bits per heavy atom. The summed E-state index contributed by atoms with van der Waals surface area (Å²) in [7, 11) is 0. The molecule has 0 unspecified atom stereocenters. The number of aromatic nitrogens is 1. The number of nitrogens with zero attached hydrogens (tertiary/aromatic N) is 1. The number of fused-ring (bicyclic) bond motifs is 1. The van der Waals surface area contributed by atoms with Crippen LogP contribution in [0.5, 0.6) is 5.75 Å². The van der Waals surface area contributed by atoms with Crippen LogP contribution in [0.15, 0.2) is 34.7 Å². The molecule has 0 fully saturated rings. The van der Waals surface area contributed by atoms with Crippen LogP contribution in [0.4, 0.5) is 8.78 Å². The van der Waals surface area contributed by atoms with E-state index in [1.54, 1.807) is 11.3 Å². The lowest BCUT2D eigenvalue weighted by Crippen LogP contribution is -1.89. The van der Waals surface area contributed by atoms with Crippen molar-refractivity contribution in [3.63, 3.8) is 0 Å². The van der Waals surface area contributed by atoms with E-state index in [0.717, 1.165) is 26.4 Å². The molecule has 0 saturated carbocycles. The lowest BCUT2D eigenvalue weighted by Gasteiger charge is -2.00. The van der Waals surface area contributed by atoms with E-state index in [-0.39, 0.29) is 0 Å². The molecular formula is C13H13F2NOS2. The Balaban J connectivity index is 2.02. The van der Waals surface area contributed by atoms with Crippen molar-refractivity contribution in [3.8, 4) is 5.75 Å². The Hall–Kier alpha value is -1.14. The van der Waals surface area contributed by atoms with Crippen LogP contribution in [-0.4, -0.2) is 17.3 Å². The molecule has 1 aromatic heterocycles. The van der Waals surface area contributed by atoms with E-state index in [0.29, 0.717) is 18.8 Å². The van der Waals surface area contributed by atoms with E-state index in [2.05, 4.69) is 4.98 Å². The van der Waals surface area contributed by atoms with Crippen LogP contribution in [0, 0.1) is 0 Å². The van der Waals surface area contributed by atoms with Crippen LogP contribution in [0.2, 0.25) is 0 Å². The molecule has 0 spiro atoms. The molecule has 2 nitrogen and oxygen atoms in total. The smallest absolute Gasteiger partial charge is 0.266 e. The summed E-state index contributed by atoms with van der Waals surface area (Å²) in [6, 6.07) is 5.77. The molecule has 1 aromatic carbocycles. The summed E-state index contributed by atoms with van der Waals surface area (Å²) >= 11 is 3.06. The first-order valence-corrected chi connectivity index (χ1v) is 7.66. The highest BCUT2D eigenvalue weighted by Gasteiger charge is 2.05. The molecule has 0 N–H and O–H groups in total. The number of hydrogen-bond donors (Lipinski definition) is 0. The van der Waals surface area contributed by atoms with Crippen LogP contribution in [0.25, 0.3) is 10.2 Å². The molecule has 0 bridgehead atoms. The third-order valence-electron chi connectivity index (χ3n) is 2.29. The number of allylic oxidation sites excluding steroid dienone is 1. The molecule has 0 saturated heterocycles. The second-order valence-electron chi connectivity index (χ2n) is 3.67. The second-order valence-corrected chi connectivity index (χ2v) is 6.05. The number of hydrogen-bond acceptors (Lipinski definition) is 4. The van der Waals surface area contributed by atoms with Gasteiger partial charge in [-0.05, 0) is 37.6 Å². The minimum absolute atomic E-state index is 0.354. The fourth-order valence-electron chi connectivity index (χ4n) is 1.52. The van der Waals surface area contributed by atoms with Crippen molar-refractivity contribution in [2.24, 2.45) is 0 Å². The summed E-state index contributed by atoms with van der Waals surface area (Å²) in [5.74, 6) is 1.44. The van der Waals surface area contributed by atoms with Gasteiger partial charge < -0.3 is 4.74 Å². The summed E-state index contributed by atoms with van der Waals surface area (Å²) in [5.41, 5.74) is 0.920. The van der Waals surface area contributed by atoms with E-state index in [1.165, 1.54) is 11.8 Å². The highest BCUT2D eigenvalue weighted by Crippen LogP contribution is 2.32. The van der Waals surface area contributed by atoms with Gasteiger partial charge in [0, 0.05) is 5.75 Å². The van der Waals surface area contributed by atoms with E-state index < -0.39 is 6.08 Å². The molecule has 102 valence electrons. The van der Waals surface area contributed by atoms with Crippen LogP contribution in [0.1, 0.15) is 13.3 Å². The highest BCUT2D eigenvalue weighted by atomic mass is 32.2. The molecule has 0 aliphatic rings. The summed E-state index contributed by atoms with van der Waals surface area (Å²) < 4.78 is 31.1. The Kier molecular flexibility index (Phi) is 5.15. The summed E-state index contributed by atoms with van der Waals surface area (Å²) in [6.45, 7) is 2.57. The minimum atomic E-state index is -1.62. The first kappa shape index (κ1) is 14.3. The van der Waals surface area contributed by atoms with Crippen LogP contribution in [0.3, 0.4) is 0 Å². The Morgan fingerprint density at radius 1 is 1.47 bits per heavy atom. The second kappa shape index (κ2) is 6.86. The monoisotopic (exact) mass is 301 g/mol. The Bertz CT molecular complexity index is 579. The van der Waals surface area contributed by atoms with Gasteiger partial charge in [0.15, 0.2) is 4.34 Å². The van der Waals surface area contributed by atoms with Gasteiger partial charge in [-0.15, -0.1) is 11.3 Å². The van der Waals surface area contributed by atoms with E-state index >= 15 is 0 Å². The molecule has 0 amide bonds. The molecular weight excluding hydrogens is 288 g/mol. The fourth-order valence-corrected chi connectivity index (χ4v) is 3.57. The van der Waals surface area contributed by atoms with Gasteiger partial charge in [0.25, 0.3) is 6.08 Å². The molecule has 1 heterocycles. The average molecular weight is 301 g/mol. The van der Waals surface area contributed by atoms with E-state index in [4.69, 9.17) is 4.74 Å². The predicted octanol–water partition coefficient (Wildman–Crippen LogP) is 4.96. The van der Waals surface area contributed by atoms with Crippen LogP contribution >= 0.6 is 23.1 Å². The molecule has 0 atom stereocenters. The first-order valence-electron chi connectivity index (χ1n) is 5.86. The van der Waals surface area contributed by atoms with Gasteiger partial charge >= 0.3 is 0 Å². The molecule has 0 radical (unpaired) electrons. The van der Waals surface area contributed by atoms with Gasteiger partial charge in [0.2, 0.25) is 0 Å². The third-order valence-corrected chi connectivity index (χ3v) is 4.49. The maximum absolute atomic E-state index is 11.9. The normalized spacial score (nSPS) is 10.7. The van der Waals surface area contributed by atoms with Gasteiger partial charge in [-0.3, -0.25) is 0 Å². The van der Waals surface area contributed by atoms with Crippen molar-refractivity contribution in [2.75, 3.05) is 12.4 Å². The quantitative estimate of drug-likeness (QED) is 0.556. The topological polar surface area (TPSA) is 22.1 Å². The maximum atomic E-state index is 11.9. The molecule has 2 rings (SSSR count). The number of benzene rings is 1. The molecule has 6 heteroatoms. The Labute approximate surface area is 118 Å². The molecule has 19 heavy (non-hydrogen) atoms. The number of halogens is 2. The summed E-state index contributed by atoms with van der Waals surface area (Å²) in [6.07, 6.45) is -0.327. The van der Waals surface area contributed by atoms with E-state index in [9.17, 15) is 8.78 Å². The van der Waals surface area contributed by atoms with Crippen molar-refractivity contribution in [1.82, 2.24) is 4.98 Å². The average Bonchev–Trinajstić information content (AvgIpc) is 2.77. The minimum Gasteiger partial charge on any atom is -0.494 e. The molecule has 0 aliphatic carbocycles. The zero-order valence-electron chi connectivity index (χ0n) is 10.4. The molecule has 2 aromatic rings.